The van der Waals surface area contributed by atoms with E-state index in [-0.39, 0.29) is 29.3 Å². The Hall–Kier alpha value is -3.18. The molecule has 0 spiro atoms. The van der Waals surface area contributed by atoms with E-state index < -0.39 is 48.3 Å². The van der Waals surface area contributed by atoms with Gasteiger partial charge in [0.1, 0.15) is 0 Å². The number of phenolic OH excluding ortho intramolecular Hbond substituents is 1. The van der Waals surface area contributed by atoms with E-state index in [9.17, 15) is 51.7 Å². The molecule has 17 heteroatoms. The summed E-state index contributed by atoms with van der Waals surface area (Å²) in [6, 6.07) is 5.64. The number of aliphatic hydroxyl groups is 1. The predicted molar refractivity (Wildman–Crippen MR) is 145 cm³/mol. The zero-order valence-electron chi connectivity index (χ0n) is 21.0. The Kier molecular flexibility index (Phi) is 16.2. The normalized spacial score (nSPS) is 10.9. The van der Waals surface area contributed by atoms with Gasteiger partial charge in [-0.2, -0.15) is 26.3 Å². The van der Waals surface area contributed by atoms with Crippen molar-refractivity contribution in [1.82, 2.24) is 0 Å². The summed E-state index contributed by atoms with van der Waals surface area (Å²) in [5.74, 6) is -0.444. The molecule has 2 rings (SSSR count). The van der Waals surface area contributed by atoms with Crippen molar-refractivity contribution in [3.05, 3.63) is 89.9 Å². The fourth-order valence-corrected chi connectivity index (χ4v) is 3.72. The molecule has 41 heavy (non-hydrogen) atoms. The van der Waals surface area contributed by atoms with Gasteiger partial charge in [0.15, 0.2) is 5.75 Å². The monoisotopic (exact) mass is 724 g/mol. The van der Waals surface area contributed by atoms with Crippen LogP contribution in [0.5, 0.6) is 11.5 Å². The summed E-state index contributed by atoms with van der Waals surface area (Å²) in [6.45, 7) is 5.52. The van der Waals surface area contributed by atoms with Crippen LogP contribution in [0.3, 0.4) is 0 Å². The maximum Gasteiger partial charge on any atom is 0.392 e. The van der Waals surface area contributed by atoms with Crippen molar-refractivity contribution in [1.29, 1.82) is 0 Å². The van der Waals surface area contributed by atoms with Gasteiger partial charge in [-0.3, -0.25) is 20.2 Å². The van der Waals surface area contributed by atoms with Crippen molar-refractivity contribution in [3.63, 3.8) is 0 Å². The molecule has 2 N–H and O–H groups in total. The number of ether oxygens (including phenoxy) is 1. The average molecular weight is 726 g/mol. The van der Waals surface area contributed by atoms with Gasteiger partial charge >= 0.3 is 23.7 Å². The third-order valence-electron chi connectivity index (χ3n) is 4.39. The summed E-state index contributed by atoms with van der Waals surface area (Å²) < 4.78 is 75.0. The lowest BCUT2D eigenvalue weighted by molar-refractivity contribution is -0.386. The number of nitrogens with zero attached hydrogens (tertiary/aromatic N) is 2. The lowest BCUT2D eigenvalue weighted by Crippen LogP contribution is -2.14. The van der Waals surface area contributed by atoms with Gasteiger partial charge in [0.2, 0.25) is 5.75 Å². The van der Waals surface area contributed by atoms with Gasteiger partial charge in [0.25, 0.3) is 0 Å². The van der Waals surface area contributed by atoms with Crippen molar-refractivity contribution in [2.24, 2.45) is 0 Å². The van der Waals surface area contributed by atoms with Crippen LogP contribution in [0, 0.1) is 20.2 Å². The molecule has 0 saturated heterocycles. The van der Waals surface area contributed by atoms with Crippen molar-refractivity contribution in [3.8, 4) is 11.5 Å². The van der Waals surface area contributed by atoms with Gasteiger partial charge in [0.05, 0.1) is 35.9 Å². The van der Waals surface area contributed by atoms with E-state index in [0.29, 0.717) is 26.5 Å². The van der Waals surface area contributed by atoms with Crippen LogP contribution in [0.1, 0.15) is 24.0 Å². The second-order valence-corrected chi connectivity index (χ2v) is 9.48. The number of aliphatic hydroxyl groups excluding tert-OH is 1. The molecule has 0 aliphatic carbocycles. The molecular weight excluding hydrogens is 702 g/mol. The van der Waals surface area contributed by atoms with Crippen molar-refractivity contribution in [2.75, 3.05) is 13.2 Å². The van der Waals surface area contributed by atoms with Gasteiger partial charge in [-0.15, -0.1) is 13.2 Å². The highest BCUT2D eigenvalue weighted by Gasteiger charge is 2.28. The average Bonchev–Trinajstić information content (AvgIpc) is 2.81. The number of hydrogen-bond acceptors (Lipinski definition) is 7. The topological polar surface area (TPSA) is 136 Å². The first-order chi connectivity index (χ1) is 18.9. The number of hydrogen-bond donors (Lipinski definition) is 2. The van der Waals surface area contributed by atoms with Gasteiger partial charge in [-0.1, -0.05) is 44.0 Å². The van der Waals surface area contributed by atoms with Crippen molar-refractivity contribution < 1.29 is 51.1 Å². The minimum absolute atomic E-state index is 0.151. The number of alkyl halides is 6. The second kappa shape index (κ2) is 17.6. The number of nitro benzene ring substituents is 2. The summed E-state index contributed by atoms with van der Waals surface area (Å²) in [4.78, 5) is 20.2. The first kappa shape index (κ1) is 37.8. The standard InChI is InChI=1S/C12H11BrF3NO3.C9H8BrNO3.C3H5F3O/c1-2-3-8-6-9(13)7-10(17(18)19)11(8)20-5-4-12(14,15)16;1-2-3-6-4-7(10)5-8(9(6)12)11(13)14;4-3(5,6)1-2-7/h2,6-7H,1,3-5H2;2,4-5,12H,1,3H2;7H,1-2H2. The van der Waals surface area contributed by atoms with Gasteiger partial charge in [-0.05, 0) is 25.0 Å². The highest BCUT2D eigenvalue weighted by Crippen LogP contribution is 2.36. The van der Waals surface area contributed by atoms with Crippen LogP contribution >= 0.6 is 31.9 Å². The molecule has 0 bridgehead atoms. The fourth-order valence-electron chi connectivity index (χ4n) is 2.73. The summed E-state index contributed by atoms with van der Waals surface area (Å²) in [5, 5.41) is 38.7. The zero-order chi connectivity index (χ0) is 32.0. The van der Waals surface area contributed by atoms with Crippen LogP contribution in [0.25, 0.3) is 0 Å². The van der Waals surface area contributed by atoms with Gasteiger partial charge in [-0.25, -0.2) is 0 Å². The van der Waals surface area contributed by atoms with Crippen LogP contribution in [0.2, 0.25) is 0 Å². The number of allylic oxidation sites excluding steroid dienone is 2. The maximum absolute atomic E-state index is 12.1. The first-order valence-electron chi connectivity index (χ1n) is 11.1. The SMILES string of the molecule is C=CCc1cc(Br)cc([N+](=O)[O-])c1O.C=CCc1cc(Br)cc([N+](=O)[O-])c1OCCC(F)(F)F.OCCC(F)(F)F. The third-order valence-corrected chi connectivity index (χ3v) is 5.31. The molecule has 2 aromatic rings. The molecule has 9 nitrogen and oxygen atoms in total. The maximum atomic E-state index is 12.1. The van der Waals surface area contributed by atoms with E-state index >= 15 is 0 Å². The summed E-state index contributed by atoms with van der Waals surface area (Å²) >= 11 is 6.25. The molecule has 0 aromatic heterocycles. The number of rotatable bonds is 10. The van der Waals surface area contributed by atoms with E-state index in [0.717, 1.165) is 0 Å². The molecule has 228 valence electrons. The molecule has 0 aliphatic heterocycles. The number of halogens is 8. The number of aromatic hydroxyl groups is 1. The minimum Gasteiger partial charge on any atom is -0.502 e. The van der Waals surface area contributed by atoms with Crippen LogP contribution in [0.4, 0.5) is 37.7 Å². The Bertz CT molecular complexity index is 1210. The number of nitro groups is 2. The van der Waals surface area contributed by atoms with Crippen LogP contribution in [-0.4, -0.2) is 45.6 Å². The molecule has 0 radical (unpaired) electrons. The van der Waals surface area contributed by atoms with Crippen LogP contribution in [-0.2, 0) is 12.8 Å². The quantitative estimate of drug-likeness (QED) is 0.109. The molecule has 0 atom stereocenters. The highest BCUT2D eigenvalue weighted by atomic mass is 79.9. The lowest BCUT2D eigenvalue weighted by atomic mass is 10.1. The zero-order valence-corrected chi connectivity index (χ0v) is 24.1. The van der Waals surface area contributed by atoms with Crippen LogP contribution in [0.15, 0.2) is 58.5 Å². The van der Waals surface area contributed by atoms with E-state index in [2.05, 4.69) is 45.0 Å². The Morgan fingerprint density at radius 3 is 1.66 bits per heavy atom. The molecule has 0 fully saturated rings. The number of benzene rings is 2. The Labute approximate surface area is 246 Å². The second-order valence-electron chi connectivity index (χ2n) is 7.65. The van der Waals surface area contributed by atoms with Gasteiger partial charge in [0, 0.05) is 32.2 Å². The molecule has 0 aliphatic rings. The van der Waals surface area contributed by atoms with Crippen molar-refractivity contribution in [2.45, 2.75) is 38.0 Å². The number of phenols is 1. The Morgan fingerprint density at radius 1 is 0.829 bits per heavy atom. The third kappa shape index (κ3) is 15.4. The van der Waals surface area contributed by atoms with E-state index in [1.807, 2.05) is 0 Å². The summed E-state index contributed by atoms with van der Waals surface area (Å²) in [7, 11) is 0. The molecule has 2 aromatic carbocycles. The smallest absolute Gasteiger partial charge is 0.392 e. The Morgan fingerprint density at radius 2 is 1.27 bits per heavy atom. The lowest BCUT2D eigenvalue weighted by Gasteiger charge is -2.12. The summed E-state index contributed by atoms with van der Waals surface area (Å²) in [6.07, 6.45) is -7.14. The molecule has 0 amide bonds. The van der Waals surface area contributed by atoms with E-state index in [4.69, 9.17) is 9.84 Å². The molecule has 0 saturated carbocycles. The molecular formula is C24H24Br2F6N2O7. The van der Waals surface area contributed by atoms with Crippen molar-refractivity contribution >= 4 is 43.2 Å². The Balaban J connectivity index is 0.000000659. The molecule has 0 unspecified atom stereocenters. The highest BCUT2D eigenvalue weighted by molar-refractivity contribution is 9.10. The predicted octanol–water partition coefficient (Wildman–Crippen LogP) is 8.14. The fraction of sp³-hybridized carbons (Fsp3) is 0.333. The minimum atomic E-state index is -4.37. The van der Waals surface area contributed by atoms with E-state index in [1.165, 1.54) is 18.2 Å². The first-order valence-corrected chi connectivity index (χ1v) is 12.7. The van der Waals surface area contributed by atoms with Crippen LogP contribution < -0.4 is 4.74 Å². The largest absolute Gasteiger partial charge is 0.502 e. The van der Waals surface area contributed by atoms with E-state index in [1.54, 1.807) is 18.2 Å². The summed E-state index contributed by atoms with van der Waals surface area (Å²) in [5.41, 5.74) is 0.221. The van der Waals surface area contributed by atoms with Gasteiger partial charge < -0.3 is 14.9 Å². The molecule has 0 heterocycles.